The molecule has 0 radical (unpaired) electrons. The SMILES string of the molecule is CN(C)C(=O)[C@H]1CN(C(=O)c2cscn2)C[C@@]12CCc1ccccc1C(=O)N2. The predicted octanol–water partition coefficient (Wildman–Crippen LogP) is 1.42. The molecule has 8 heteroatoms. The van der Waals surface area contributed by atoms with Gasteiger partial charge in [0.1, 0.15) is 5.69 Å². The Hall–Kier alpha value is -2.74. The number of amides is 3. The maximum atomic E-state index is 13.0. The summed E-state index contributed by atoms with van der Waals surface area (Å²) in [5, 5.41) is 4.83. The second-order valence-electron chi connectivity index (χ2n) is 7.61. The molecular weight excluding hydrogens is 376 g/mol. The molecule has 1 aromatic heterocycles. The van der Waals surface area contributed by atoms with Crippen LogP contribution in [0.15, 0.2) is 35.2 Å². The van der Waals surface area contributed by atoms with Gasteiger partial charge in [0.25, 0.3) is 11.8 Å². The molecule has 28 heavy (non-hydrogen) atoms. The number of aromatic nitrogens is 1. The van der Waals surface area contributed by atoms with E-state index in [1.807, 2.05) is 18.2 Å². The molecule has 1 spiro atoms. The zero-order chi connectivity index (χ0) is 19.9. The molecule has 3 heterocycles. The van der Waals surface area contributed by atoms with Gasteiger partial charge in [0.15, 0.2) is 0 Å². The summed E-state index contributed by atoms with van der Waals surface area (Å²) in [7, 11) is 3.41. The Morgan fingerprint density at radius 2 is 2.11 bits per heavy atom. The van der Waals surface area contributed by atoms with Crippen molar-refractivity contribution in [1.29, 1.82) is 0 Å². The van der Waals surface area contributed by atoms with Crippen molar-refractivity contribution in [2.24, 2.45) is 5.92 Å². The minimum Gasteiger partial charge on any atom is -0.348 e. The highest BCUT2D eigenvalue weighted by Gasteiger charge is 2.53. The number of nitrogens with one attached hydrogen (secondary N) is 1. The van der Waals surface area contributed by atoms with Crippen LogP contribution in [-0.2, 0) is 11.2 Å². The van der Waals surface area contributed by atoms with Gasteiger partial charge in [0.05, 0.1) is 17.0 Å². The van der Waals surface area contributed by atoms with Crippen LogP contribution in [0, 0.1) is 5.92 Å². The van der Waals surface area contributed by atoms with Gasteiger partial charge in [-0.05, 0) is 24.5 Å². The molecule has 7 nitrogen and oxygen atoms in total. The highest BCUT2D eigenvalue weighted by molar-refractivity contribution is 7.07. The lowest BCUT2D eigenvalue weighted by molar-refractivity contribution is -0.134. The molecule has 1 N–H and O–H groups in total. The number of aryl methyl sites for hydroxylation is 1. The Labute approximate surface area is 167 Å². The number of benzene rings is 1. The number of carbonyl (C=O) groups is 3. The number of carbonyl (C=O) groups excluding carboxylic acids is 3. The minimum absolute atomic E-state index is 0.0835. The second-order valence-corrected chi connectivity index (χ2v) is 8.33. The first-order valence-corrected chi connectivity index (χ1v) is 10.1. The Morgan fingerprint density at radius 1 is 1.32 bits per heavy atom. The van der Waals surface area contributed by atoms with Crippen LogP contribution in [0.25, 0.3) is 0 Å². The lowest BCUT2D eigenvalue weighted by atomic mass is 9.81. The molecule has 2 atom stereocenters. The summed E-state index contributed by atoms with van der Waals surface area (Å²) in [6.45, 7) is 0.567. The summed E-state index contributed by atoms with van der Waals surface area (Å²) < 4.78 is 0. The molecule has 3 amide bonds. The molecule has 0 bridgehead atoms. The molecule has 1 saturated heterocycles. The summed E-state index contributed by atoms with van der Waals surface area (Å²) in [5.74, 6) is -0.971. The van der Waals surface area contributed by atoms with Gasteiger partial charge in [0, 0.05) is 38.1 Å². The van der Waals surface area contributed by atoms with Gasteiger partial charge in [-0.1, -0.05) is 18.2 Å². The number of nitrogens with zero attached hydrogens (tertiary/aromatic N) is 3. The van der Waals surface area contributed by atoms with E-state index in [1.165, 1.54) is 16.2 Å². The standard InChI is InChI=1S/C20H22N4O3S/c1-23(2)18(26)15-9-24(19(27)16-10-28-12-21-16)11-20(15)8-7-13-5-3-4-6-14(13)17(25)22-20/h3-6,10,12,15H,7-9,11H2,1-2H3,(H,22,25)/t15-,20+/m1/s1. The second kappa shape index (κ2) is 7.01. The van der Waals surface area contributed by atoms with Crippen LogP contribution >= 0.6 is 11.3 Å². The molecule has 2 aliphatic rings. The maximum Gasteiger partial charge on any atom is 0.273 e. The molecular formula is C20H22N4O3S. The number of rotatable bonds is 2. The maximum absolute atomic E-state index is 13.0. The number of fused-ring (bicyclic) bond motifs is 1. The van der Waals surface area contributed by atoms with Crippen molar-refractivity contribution in [3.8, 4) is 0 Å². The Kier molecular flexibility index (Phi) is 4.66. The first-order valence-electron chi connectivity index (χ1n) is 9.20. The van der Waals surface area contributed by atoms with Crippen LogP contribution in [-0.4, -0.2) is 65.2 Å². The van der Waals surface area contributed by atoms with Crippen molar-refractivity contribution in [2.75, 3.05) is 27.2 Å². The third-order valence-corrected chi connectivity index (χ3v) is 6.27. The van der Waals surface area contributed by atoms with E-state index in [1.54, 1.807) is 36.0 Å². The van der Waals surface area contributed by atoms with Crippen molar-refractivity contribution in [3.63, 3.8) is 0 Å². The summed E-state index contributed by atoms with van der Waals surface area (Å²) in [5.41, 5.74) is 2.81. The monoisotopic (exact) mass is 398 g/mol. The molecule has 2 aromatic rings. The summed E-state index contributed by atoms with van der Waals surface area (Å²) in [4.78, 5) is 46.1. The van der Waals surface area contributed by atoms with E-state index >= 15 is 0 Å². The van der Waals surface area contributed by atoms with Gasteiger partial charge in [-0.2, -0.15) is 0 Å². The van der Waals surface area contributed by atoms with Crippen molar-refractivity contribution in [2.45, 2.75) is 18.4 Å². The Morgan fingerprint density at radius 3 is 2.82 bits per heavy atom. The van der Waals surface area contributed by atoms with Crippen LogP contribution in [0.3, 0.4) is 0 Å². The minimum atomic E-state index is -0.789. The average Bonchev–Trinajstić information content (AvgIpc) is 3.31. The highest BCUT2D eigenvalue weighted by Crippen LogP contribution is 2.36. The molecule has 146 valence electrons. The highest BCUT2D eigenvalue weighted by atomic mass is 32.1. The first kappa shape index (κ1) is 18.6. The Balaban J connectivity index is 1.69. The third kappa shape index (κ3) is 3.07. The van der Waals surface area contributed by atoms with Crippen molar-refractivity contribution < 1.29 is 14.4 Å². The number of likely N-dealkylation sites (tertiary alicyclic amines) is 1. The van der Waals surface area contributed by atoms with E-state index in [9.17, 15) is 14.4 Å². The Bertz CT molecular complexity index is 927. The van der Waals surface area contributed by atoms with Crippen LogP contribution in [0.1, 0.15) is 32.8 Å². The topological polar surface area (TPSA) is 82.6 Å². The quantitative estimate of drug-likeness (QED) is 0.829. The average molecular weight is 398 g/mol. The lowest BCUT2D eigenvalue weighted by Gasteiger charge is -2.34. The van der Waals surface area contributed by atoms with Gasteiger partial charge < -0.3 is 15.1 Å². The zero-order valence-corrected chi connectivity index (χ0v) is 16.7. The van der Waals surface area contributed by atoms with Gasteiger partial charge in [0.2, 0.25) is 5.91 Å². The first-order chi connectivity index (χ1) is 13.4. The van der Waals surface area contributed by atoms with Crippen molar-refractivity contribution >= 4 is 29.1 Å². The van der Waals surface area contributed by atoms with Crippen molar-refractivity contribution in [3.05, 3.63) is 52.0 Å². The zero-order valence-electron chi connectivity index (χ0n) is 15.8. The number of hydrogen-bond acceptors (Lipinski definition) is 5. The van der Waals surface area contributed by atoms with E-state index in [2.05, 4.69) is 10.3 Å². The predicted molar refractivity (Wildman–Crippen MR) is 105 cm³/mol. The van der Waals surface area contributed by atoms with E-state index in [0.29, 0.717) is 30.6 Å². The van der Waals surface area contributed by atoms with Crippen LogP contribution in [0.4, 0.5) is 0 Å². The smallest absolute Gasteiger partial charge is 0.273 e. The van der Waals surface area contributed by atoms with E-state index in [-0.39, 0.29) is 24.3 Å². The fourth-order valence-electron chi connectivity index (χ4n) is 4.22. The van der Waals surface area contributed by atoms with Crippen LogP contribution in [0.2, 0.25) is 0 Å². The van der Waals surface area contributed by atoms with Crippen LogP contribution < -0.4 is 5.32 Å². The summed E-state index contributed by atoms with van der Waals surface area (Å²) >= 11 is 1.36. The molecule has 2 aliphatic heterocycles. The normalized spacial score (nSPS) is 23.9. The van der Waals surface area contributed by atoms with Gasteiger partial charge in [-0.25, -0.2) is 4.98 Å². The fraction of sp³-hybridized carbons (Fsp3) is 0.400. The van der Waals surface area contributed by atoms with Gasteiger partial charge in [-0.3, -0.25) is 14.4 Å². The van der Waals surface area contributed by atoms with Crippen molar-refractivity contribution in [1.82, 2.24) is 20.1 Å². The molecule has 0 aliphatic carbocycles. The summed E-state index contributed by atoms with van der Waals surface area (Å²) in [6, 6.07) is 7.51. The van der Waals surface area contributed by atoms with Gasteiger partial charge >= 0.3 is 0 Å². The largest absolute Gasteiger partial charge is 0.348 e. The van der Waals surface area contributed by atoms with Crippen LogP contribution in [0.5, 0.6) is 0 Å². The molecule has 4 rings (SSSR count). The lowest BCUT2D eigenvalue weighted by Crippen LogP contribution is -2.57. The number of thiazole rings is 1. The van der Waals surface area contributed by atoms with E-state index in [0.717, 1.165) is 5.56 Å². The molecule has 0 saturated carbocycles. The fourth-order valence-corrected chi connectivity index (χ4v) is 4.75. The molecule has 1 aromatic carbocycles. The third-order valence-electron chi connectivity index (χ3n) is 5.69. The molecule has 0 unspecified atom stereocenters. The number of hydrogen-bond donors (Lipinski definition) is 1. The summed E-state index contributed by atoms with van der Waals surface area (Å²) in [6.07, 6.45) is 1.27. The van der Waals surface area contributed by atoms with E-state index in [4.69, 9.17) is 0 Å². The molecule has 1 fully saturated rings. The van der Waals surface area contributed by atoms with Gasteiger partial charge in [-0.15, -0.1) is 11.3 Å². The van der Waals surface area contributed by atoms with E-state index < -0.39 is 11.5 Å².